The molecule has 8 rings (SSSR count). The fraction of sp³-hybridized carbons (Fsp3) is 0.559. The molecule has 8 aliphatic rings. The standard InChI is InChI=1S/2C17H26O2.2C16H23ClO2.C16H24O2.C15H21ClO2.C15H19F3O2.C15H22O2/c1-12(2)16(18)19-14(4)9-10-15-13(3)8-7-11-17(15,5)6;1-6-8-16(18)19-14(3)10-11-15-13(2)9-7-12-17(15,4)5;1-11-7-6-10-16(4,5)14(11)9-8-12(2)19-15(18)13(3)17;1-12-6-5-10-16(3,4)14(12)8-7-13(2)19-15(18)9-11-17;1-6-15(17)18-13(3)9-10-14-12(2)8-7-11-16(14,4)5;1-11-6-5-9-15(3,4)13(11)8-7-12(2)18-14(17)10-16;1-10-6-5-9-14(3,4)12(10)8-7-11(2)20-13(19)15(16,17)18;1-11-7-6-10-15(4,5)14(11)9-8-12(2)17-13(3)16/h8-10,12,15H,4,7,11H2,1-3,5-6H3;9-11,15H,3,6-8,12H2,1-2,4-5H3;7-9,13-14H,2,6,10H2,1,3-5H3;6-8,14H,2,5,9-11H2,1,3-4H3;8-10,14H,3,6-7,11H2,1-2,4-5H3;6-8,13H,2,5,9-10H2,1,3-4H3;6-8,12H,2,5,9H2,1,3-4H3;7-9,14H,2,6,10H2,1,3-5H3. The first-order valence-corrected chi connectivity index (χ1v) is 54.1. The first-order valence-electron chi connectivity index (χ1n) is 52.6. The van der Waals surface area contributed by atoms with E-state index in [4.69, 9.17) is 68.0 Å². The van der Waals surface area contributed by atoms with Gasteiger partial charge >= 0.3 is 53.9 Å². The molecular formula is C127H184Cl3F3O16. The first-order chi connectivity index (χ1) is 68.8. The molecule has 149 heavy (non-hydrogen) atoms. The molecular weight excluding hydrogens is 1940 g/mol. The minimum atomic E-state index is -5.00. The van der Waals surface area contributed by atoms with Crippen molar-refractivity contribution >= 4 is 82.6 Å². The number of carbonyl (C=O) groups excluding carboxylic acids is 8. The minimum absolute atomic E-state index is 0.0175. The molecule has 0 radical (unpaired) electrons. The highest BCUT2D eigenvalue weighted by Crippen LogP contribution is 2.49. The van der Waals surface area contributed by atoms with E-state index in [1.165, 1.54) is 77.7 Å². The van der Waals surface area contributed by atoms with Gasteiger partial charge in [-0.3, -0.25) is 33.6 Å². The molecule has 0 aliphatic heterocycles. The highest BCUT2D eigenvalue weighted by molar-refractivity contribution is 6.29. The summed E-state index contributed by atoms with van der Waals surface area (Å²) in [5.41, 5.74) is 12.5. The Morgan fingerprint density at radius 3 is 0.698 bits per heavy atom. The van der Waals surface area contributed by atoms with Gasteiger partial charge in [0.2, 0.25) is 0 Å². The second-order valence-electron chi connectivity index (χ2n) is 45.9. The van der Waals surface area contributed by atoms with Crippen LogP contribution in [0.5, 0.6) is 0 Å². The molecule has 22 heteroatoms. The lowest BCUT2D eigenvalue weighted by molar-refractivity contribution is -0.194. The van der Waals surface area contributed by atoms with E-state index in [0.29, 0.717) is 94.6 Å². The van der Waals surface area contributed by atoms with Crippen LogP contribution in [0.1, 0.15) is 336 Å². The van der Waals surface area contributed by atoms with Gasteiger partial charge in [0.05, 0.1) is 12.3 Å². The maximum atomic E-state index is 12.0. The van der Waals surface area contributed by atoms with Crippen molar-refractivity contribution in [2.45, 2.75) is 348 Å². The topological polar surface area (TPSA) is 210 Å². The van der Waals surface area contributed by atoms with Crippen molar-refractivity contribution < 1.29 is 89.4 Å². The SMILES string of the molecule is C=C(C=CC1C(C)=CCCC1(C)C)OC(=O)C(C)C.C=C(C=CC1C(C)=CCCC1(C)C)OC(=O)C(C)Cl.C=C(C=CC1C(C)=CCCC1(C)C)OC(=O)C(F)(F)F.C=C(C=CC1C(C)=CCCC1(C)C)OC(=O)CC.C=C(C=CC1C(C)=CCCC1(C)C)OC(=O)CCC.C=C(C=CC1C(C)=CCCC1(C)C)OC(=O)CCCl.C=C(C=CC1C(C)=CCCC1(C)C)OC(=O)CCl.C=C(C=CC1C(C)=CCCC1(C)C)OC(C)=O. The average molecular weight is 2130 g/mol. The van der Waals surface area contributed by atoms with Crippen molar-refractivity contribution in [1.29, 1.82) is 0 Å². The molecule has 0 saturated heterocycles. The van der Waals surface area contributed by atoms with E-state index in [1.54, 1.807) is 44.2 Å². The van der Waals surface area contributed by atoms with Gasteiger partial charge in [0.15, 0.2) is 0 Å². The summed E-state index contributed by atoms with van der Waals surface area (Å²) in [5.74, 6) is 0.666. The molecule has 9 atom stereocenters. The predicted octanol–water partition coefficient (Wildman–Crippen LogP) is 35.8. The van der Waals surface area contributed by atoms with Crippen molar-refractivity contribution in [2.75, 3.05) is 11.8 Å². The zero-order valence-electron chi connectivity index (χ0n) is 96.1. The molecule has 9 unspecified atom stereocenters. The monoisotopic (exact) mass is 2130 g/mol. The lowest BCUT2D eigenvalue weighted by Crippen LogP contribution is -2.26. The second-order valence-corrected chi connectivity index (χ2v) is 47.2. The second kappa shape index (κ2) is 64.9. The number of hydrogen-bond donors (Lipinski definition) is 0. The molecule has 0 aromatic carbocycles. The predicted molar refractivity (Wildman–Crippen MR) is 610 cm³/mol. The van der Waals surface area contributed by atoms with Crippen molar-refractivity contribution in [3.8, 4) is 0 Å². The van der Waals surface area contributed by atoms with E-state index in [0.717, 1.165) is 89.0 Å². The van der Waals surface area contributed by atoms with Gasteiger partial charge in [-0.15, -0.1) is 34.8 Å². The number of alkyl halides is 6. The summed E-state index contributed by atoms with van der Waals surface area (Å²) in [5, 5.41) is -0.655. The summed E-state index contributed by atoms with van der Waals surface area (Å²) >= 11 is 16.5. The van der Waals surface area contributed by atoms with Crippen LogP contribution >= 0.6 is 34.8 Å². The third-order valence-corrected chi connectivity index (χ3v) is 29.2. The molecule has 0 heterocycles. The molecule has 0 spiro atoms. The Kier molecular flexibility index (Phi) is 59.7. The van der Waals surface area contributed by atoms with Crippen LogP contribution in [-0.2, 0) is 76.3 Å². The number of ether oxygens (including phenoxy) is 8. The van der Waals surface area contributed by atoms with Gasteiger partial charge in [0, 0.05) is 73.0 Å². The van der Waals surface area contributed by atoms with E-state index in [2.05, 4.69) is 308 Å². The molecule has 0 aromatic heterocycles. The number of hydrogen-bond acceptors (Lipinski definition) is 16. The lowest BCUT2D eigenvalue weighted by atomic mass is 9.68. The van der Waals surface area contributed by atoms with Gasteiger partial charge in [-0.25, -0.2) is 4.79 Å². The zero-order valence-corrected chi connectivity index (χ0v) is 98.4. The van der Waals surface area contributed by atoms with E-state index >= 15 is 0 Å². The van der Waals surface area contributed by atoms with Crippen molar-refractivity contribution in [1.82, 2.24) is 0 Å². The Balaban J connectivity index is 0.000000852. The summed E-state index contributed by atoms with van der Waals surface area (Å²) in [6.45, 7) is 92.9. The smallest absolute Gasteiger partial charge is 0.427 e. The average Bonchev–Trinajstić information content (AvgIpc) is 0.851. The zero-order chi connectivity index (χ0) is 114. The first kappa shape index (κ1) is 137. The van der Waals surface area contributed by atoms with Crippen LogP contribution in [0.4, 0.5) is 13.2 Å². The quantitative estimate of drug-likeness (QED) is 0.0153. The van der Waals surface area contributed by atoms with Crippen LogP contribution in [0.3, 0.4) is 0 Å². The molecule has 8 aliphatic carbocycles. The normalized spacial score (nSPS) is 22.7. The number of esters is 8. The van der Waals surface area contributed by atoms with Gasteiger partial charge in [-0.05, 0) is 263 Å². The fourth-order valence-corrected chi connectivity index (χ4v) is 19.9. The summed E-state index contributed by atoms with van der Waals surface area (Å²) < 4.78 is 75.6. The highest BCUT2D eigenvalue weighted by atomic mass is 35.5. The minimum Gasteiger partial charge on any atom is -0.427 e. The molecule has 0 bridgehead atoms. The van der Waals surface area contributed by atoms with Gasteiger partial charge in [0.1, 0.15) is 57.3 Å². The third-order valence-electron chi connectivity index (χ3n) is 28.6. The maximum absolute atomic E-state index is 12.0. The number of halogens is 6. The Morgan fingerprint density at radius 1 is 0.322 bits per heavy atom. The molecule has 0 fully saturated rings. The third kappa shape index (κ3) is 51.9. The van der Waals surface area contributed by atoms with Crippen LogP contribution in [0, 0.1) is 96.6 Å². The van der Waals surface area contributed by atoms with Gasteiger partial charge in [0.25, 0.3) is 0 Å². The van der Waals surface area contributed by atoms with Crippen LogP contribution < -0.4 is 0 Å². The Morgan fingerprint density at radius 2 is 0.517 bits per heavy atom. The van der Waals surface area contributed by atoms with Gasteiger partial charge < -0.3 is 37.9 Å². The van der Waals surface area contributed by atoms with Crippen molar-refractivity contribution in [3.05, 3.63) is 289 Å². The number of allylic oxidation sites excluding steroid dienone is 32. The van der Waals surface area contributed by atoms with Crippen molar-refractivity contribution in [3.63, 3.8) is 0 Å². The van der Waals surface area contributed by atoms with Crippen LogP contribution in [0.25, 0.3) is 0 Å². The fourth-order valence-electron chi connectivity index (χ4n) is 19.7. The molecule has 0 saturated carbocycles. The summed E-state index contributed by atoms with van der Waals surface area (Å²) in [6.07, 6.45) is 63.5. The van der Waals surface area contributed by atoms with E-state index in [-0.39, 0.29) is 109 Å². The van der Waals surface area contributed by atoms with Crippen LogP contribution in [0.15, 0.2) is 289 Å². The van der Waals surface area contributed by atoms with E-state index in [9.17, 15) is 51.5 Å². The Bertz CT molecular complexity index is 4900. The number of rotatable bonds is 32. The summed E-state index contributed by atoms with van der Waals surface area (Å²) in [4.78, 5) is 89.0. The molecule has 0 aromatic rings. The van der Waals surface area contributed by atoms with Gasteiger partial charge in [-0.1, -0.05) is 333 Å². The highest BCUT2D eigenvalue weighted by Gasteiger charge is 2.43. The van der Waals surface area contributed by atoms with E-state index < -0.39 is 29.5 Å². The Hall–Kier alpha value is -9.82. The summed E-state index contributed by atoms with van der Waals surface area (Å²) in [6, 6.07) is 0. The van der Waals surface area contributed by atoms with E-state index in [1.807, 2.05) is 45.9 Å². The summed E-state index contributed by atoms with van der Waals surface area (Å²) in [7, 11) is 0. The lowest BCUT2D eigenvalue weighted by Gasteiger charge is -2.36. The molecule has 830 valence electrons. The molecule has 0 amide bonds. The van der Waals surface area contributed by atoms with Crippen LogP contribution in [0.2, 0.25) is 0 Å². The maximum Gasteiger partial charge on any atom is 0.491 e. The molecule has 16 nitrogen and oxygen atoms in total. The van der Waals surface area contributed by atoms with Crippen molar-refractivity contribution in [2.24, 2.45) is 96.6 Å². The van der Waals surface area contributed by atoms with Gasteiger partial charge in [-0.2, -0.15) is 13.2 Å². The Labute approximate surface area is 911 Å². The largest absolute Gasteiger partial charge is 0.491 e. The molecule has 0 N–H and O–H groups in total. The number of carbonyl (C=O) groups is 8. The van der Waals surface area contributed by atoms with Crippen LogP contribution in [-0.4, -0.2) is 71.1 Å².